The van der Waals surface area contributed by atoms with Crippen LogP contribution in [-0.4, -0.2) is 37.8 Å². The van der Waals surface area contributed by atoms with Crippen LogP contribution in [0.25, 0.3) is 5.69 Å². The topological polar surface area (TPSA) is 58.4 Å². The smallest absolute Gasteiger partial charge is 0.254 e. The minimum Gasteiger partial charge on any atom is -0.391 e. The van der Waals surface area contributed by atoms with Gasteiger partial charge in [-0.2, -0.15) is 5.10 Å². The first-order valence-electron chi connectivity index (χ1n) is 10.9. The number of aliphatic hydroxyl groups excluding tert-OH is 1. The highest BCUT2D eigenvalue weighted by Gasteiger charge is 2.39. The van der Waals surface area contributed by atoms with Gasteiger partial charge in [-0.15, -0.1) is 0 Å². The number of nitrogens with zero attached hydrogens (tertiary/aromatic N) is 3. The van der Waals surface area contributed by atoms with Gasteiger partial charge in [0.1, 0.15) is 5.82 Å². The summed E-state index contributed by atoms with van der Waals surface area (Å²) in [4.78, 5) is 14.8. The van der Waals surface area contributed by atoms with Gasteiger partial charge < -0.3 is 10.0 Å². The molecule has 1 N–H and O–H groups in total. The third kappa shape index (κ3) is 3.55. The SMILES string of the molecule is Cc1c(Cc2ccc(-n3cccn3)cc2)cc2c(c1F)CN([C@H]1CCCC[C@@H]1O)C2=O. The highest BCUT2D eigenvalue weighted by molar-refractivity contribution is 5.99. The monoisotopic (exact) mass is 419 g/mol. The quantitative estimate of drug-likeness (QED) is 0.691. The maximum atomic E-state index is 15.3. The molecule has 0 bridgehead atoms. The molecule has 160 valence electrons. The van der Waals surface area contributed by atoms with E-state index in [-0.39, 0.29) is 24.3 Å². The summed E-state index contributed by atoms with van der Waals surface area (Å²) in [6.07, 6.45) is 7.08. The zero-order chi connectivity index (χ0) is 21.5. The predicted octanol–water partition coefficient (Wildman–Crippen LogP) is 4.17. The summed E-state index contributed by atoms with van der Waals surface area (Å²) in [7, 11) is 0. The Morgan fingerprint density at radius 2 is 1.97 bits per heavy atom. The van der Waals surface area contributed by atoms with Gasteiger partial charge in [-0.3, -0.25) is 4.79 Å². The number of rotatable bonds is 4. The van der Waals surface area contributed by atoms with Crippen molar-refractivity contribution in [2.45, 2.75) is 57.7 Å². The molecule has 1 aliphatic heterocycles. The molecule has 1 aromatic heterocycles. The number of fused-ring (bicyclic) bond motifs is 1. The second-order valence-corrected chi connectivity index (χ2v) is 8.65. The van der Waals surface area contributed by atoms with Crippen LogP contribution in [0.15, 0.2) is 48.8 Å². The molecule has 31 heavy (non-hydrogen) atoms. The summed E-state index contributed by atoms with van der Waals surface area (Å²) in [6, 6.07) is 11.5. The summed E-state index contributed by atoms with van der Waals surface area (Å²) < 4.78 is 17.1. The van der Waals surface area contributed by atoms with Crippen molar-refractivity contribution in [2.75, 3.05) is 0 Å². The molecule has 0 unspecified atom stereocenters. The van der Waals surface area contributed by atoms with E-state index in [1.54, 1.807) is 22.7 Å². The first kappa shape index (κ1) is 19.9. The van der Waals surface area contributed by atoms with Crippen molar-refractivity contribution in [1.29, 1.82) is 0 Å². The van der Waals surface area contributed by atoms with Gasteiger partial charge in [0, 0.05) is 23.5 Å². The van der Waals surface area contributed by atoms with Crippen LogP contribution in [0.1, 0.15) is 58.3 Å². The molecular formula is C25H26FN3O2. The van der Waals surface area contributed by atoms with Crippen molar-refractivity contribution in [2.24, 2.45) is 0 Å². The zero-order valence-corrected chi connectivity index (χ0v) is 17.6. The minimum absolute atomic E-state index is 0.157. The number of carbonyl (C=O) groups excluding carboxylic acids is 1. The fraction of sp³-hybridized carbons (Fsp3) is 0.360. The molecule has 3 aromatic rings. The largest absolute Gasteiger partial charge is 0.391 e. The van der Waals surface area contributed by atoms with E-state index in [9.17, 15) is 9.90 Å². The molecule has 6 heteroatoms. The normalized spacial score (nSPS) is 20.9. The average Bonchev–Trinajstić information content (AvgIpc) is 3.42. The van der Waals surface area contributed by atoms with Crippen LogP contribution in [0.2, 0.25) is 0 Å². The third-order valence-electron chi connectivity index (χ3n) is 6.73. The van der Waals surface area contributed by atoms with Crippen LogP contribution in [0.4, 0.5) is 4.39 Å². The first-order chi connectivity index (χ1) is 15.0. The van der Waals surface area contributed by atoms with Gasteiger partial charge in [-0.25, -0.2) is 9.07 Å². The van der Waals surface area contributed by atoms with Crippen molar-refractivity contribution in [3.63, 3.8) is 0 Å². The maximum absolute atomic E-state index is 15.3. The number of carbonyl (C=O) groups is 1. The molecule has 2 aromatic carbocycles. The van der Waals surface area contributed by atoms with Crippen LogP contribution in [0, 0.1) is 12.7 Å². The molecule has 2 aliphatic rings. The number of aromatic nitrogens is 2. The lowest BCUT2D eigenvalue weighted by Gasteiger charge is -2.35. The number of halogens is 1. The van der Waals surface area contributed by atoms with Crippen molar-refractivity contribution < 1.29 is 14.3 Å². The van der Waals surface area contributed by atoms with Crippen LogP contribution in [0.3, 0.4) is 0 Å². The fourth-order valence-corrected chi connectivity index (χ4v) is 4.91. The van der Waals surface area contributed by atoms with Gasteiger partial charge >= 0.3 is 0 Å². The third-order valence-corrected chi connectivity index (χ3v) is 6.73. The Morgan fingerprint density at radius 3 is 2.68 bits per heavy atom. The van der Waals surface area contributed by atoms with E-state index in [1.165, 1.54) is 0 Å². The number of benzene rings is 2. The van der Waals surface area contributed by atoms with Crippen LogP contribution < -0.4 is 0 Å². The Morgan fingerprint density at radius 1 is 1.19 bits per heavy atom. The second kappa shape index (κ2) is 7.93. The van der Waals surface area contributed by atoms with Gasteiger partial charge in [0.2, 0.25) is 0 Å². The van der Waals surface area contributed by atoms with E-state index in [0.29, 0.717) is 29.5 Å². The molecule has 1 aliphatic carbocycles. The molecule has 1 fully saturated rings. The van der Waals surface area contributed by atoms with E-state index < -0.39 is 6.10 Å². The van der Waals surface area contributed by atoms with E-state index in [0.717, 1.165) is 36.1 Å². The maximum Gasteiger partial charge on any atom is 0.254 e. The predicted molar refractivity (Wildman–Crippen MR) is 116 cm³/mol. The minimum atomic E-state index is -0.524. The Bertz CT molecular complexity index is 1110. The highest BCUT2D eigenvalue weighted by atomic mass is 19.1. The van der Waals surface area contributed by atoms with E-state index in [4.69, 9.17) is 0 Å². The molecular weight excluding hydrogens is 393 g/mol. The zero-order valence-electron chi connectivity index (χ0n) is 17.6. The summed E-state index contributed by atoms with van der Waals surface area (Å²) >= 11 is 0. The second-order valence-electron chi connectivity index (χ2n) is 8.65. The lowest BCUT2D eigenvalue weighted by molar-refractivity contribution is 0.0190. The van der Waals surface area contributed by atoms with Gasteiger partial charge in [0.05, 0.1) is 24.4 Å². The van der Waals surface area contributed by atoms with Crippen LogP contribution in [-0.2, 0) is 13.0 Å². The molecule has 2 heterocycles. The molecule has 1 amide bonds. The van der Waals surface area contributed by atoms with Crippen molar-refractivity contribution >= 4 is 5.91 Å². The number of aliphatic hydroxyl groups is 1. The summed E-state index contributed by atoms with van der Waals surface area (Å²) in [5, 5.41) is 14.6. The lowest BCUT2D eigenvalue weighted by Crippen LogP contribution is -2.45. The number of hydrogen-bond acceptors (Lipinski definition) is 3. The lowest BCUT2D eigenvalue weighted by atomic mass is 9.91. The number of amides is 1. The fourth-order valence-electron chi connectivity index (χ4n) is 4.91. The molecule has 0 radical (unpaired) electrons. The van der Waals surface area contributed by atoms with E-state index >= 15 is 4.39 Å². The average molecular weight is 420 g/mol. The van der Waals surface area contributed by atoms with Crippen LogP contribution >= 0.6 is 0 Å². The Balaban J connectivity index is 1.41. The molecule has 5 nitrogen and oxygen atoms in total. The van der Waals surface area contributed by atoms with Crippen molar-refractivity contribution in [3.8, 4) is 5.69 Å². The molecule has 0 spiro atoms. The number of hydrogen-bond donors (Lipinski definition) is 1. The van der Waals surface area contributed by atoms with Crippen LogP contribution in [0.5, 0.6) is 0 Å². The molecule has 0 saturated heterocycles. The highest BCUT2D eigenvalue weighted by Crippen LogP contribution is 2.35. The summed E-state index contributed by atoms with van der Waals surface area (Å²) in [6.45, 7) is 2.03. The Kier molecular flexibility index (Phi) is 5.10. The summed E-state index contributed by atoms with van der Waals surface area (Å²) in [5.41, 5.74) is 4.34. The first-order valence-corrected chi connectivity index (χ1v) is 10.9. The Hall–Kier alpha value is -2.99. The Labute approximate surface area is 181 Å². The van der Waals surface area contributed by atoms with Gasteiger partial charge in [-0.05, 0) is 67.1 Å². The van der Waals surface area contributed by atoms with Gasteiger partial charge in [0.25, 0.3) is 5.91 Å². The molecule has 2 atom stereocenters. The molecule has 1 saturated carbocycles. The van der Waals surface area contributed by atoms with E-state index in [1.807, 2.05) is 42.6 Å². The van der Waals surface area contributed by atoms with Gasteiger partial charge in [0.15, 0.2) is 0 Å². The summed E-state index contributed by atoms with van der Waals surface area (Å²) in [5.74, 6) is -0.447. The van der Waals surface area contributed by atoms with Gasteiger partial charge in [-0.1, -0.05) is 25.0 Å². The molecule has 5 rings (SSSR count). The standard InChI is InChI=1S/C25H26FN3O2/c1-16-18(13-17-7-9-19(10-8-17)29-12-4-11-27-29)14-20-21(24(16)26)15-28(25(20)31)22-5-2-3-6-23(22)30/h4,7-12,14,22-23,30H,2-3,5-6,13,15H2,1H3/t22-,23-/m0/s1. The van der Waals surface area contributed by atoms with Crippen molar-refractivity contribution in [1.82, 2.24) is 14.7 Å². The van der Waals surface area contributed by atoms with Crippen molar-refractivity contribution in [3.05, 3.63) is 82.4 Å². The van der Waals surface area contributed by atoms with E-state index in [2.05, 4.69) is 5.10 Å².